The summed E-state index contributed by atoms with van der Waals surface area (Å²) in [5.74, 6) is 0.201. The van der Waals surface area contributed by atoms with Gasteiger partial charge in [0.05, 0.1) is 26.3 Å². The molecule has 7 nitrogen and oxygen atoms in total. The molecule has 180 valence electrons. The molecule has 0 aliphatic carbocycles. The predicted octanol–water partition coefficient (Wildman–Crippen LogP) is 4.03. The van der Waals surface area contributed by atoms with E-state index in [4.69, 9.17) is 9.47 Å². The summed E-state index contributed by atoms with van der Waals surface area (Å²) < 4.78 is 10.7. The normalized spacial score (nSPS) is 15.3. The van der Waals surface area contributed by atoms with Gasteiger partial charge in [-0.3, -0.25) is 14.4 Å². The third-order valence-electron chi connectivity index (χ3n) is 6.13. The van der Waals surface area contributed by atoms with Crippen LogP contribution < -0.4 is 14.4 Å². The Morgan fingerprint density at radius 1 is 0.943 bits per heavy atom. The third-order valence-corrected chi connectivity index (χ3v) is 6.13. The Hall–Kier alpha value is -4.13. The number of carbonyl (C=O) groups is 3. The molecule has 3 aromatic carbocycles. The fourth-order valence-electron chi connectivity index (χ4n) is 4.34. The Labute approximate surface area is 204 Å². The first-order chi connectivity index (χ1) is 16.9. The van der Waals surface area contributed by atoms with E-state index in [0.717, 1.165) is 11.1 Å². The molecule has 0 spiro atoms. The summed E-state index contributed by atoms with van der Waals surface area (Å²) in [7, 11) is 3.14. The Morgan fingerprint density at radius 2 is 1.69 bits per heavy atom. The zero-order valence-corrected chi connectivity index (χ0v) is 20.1. The van der Waals surface area contributed by atoms with Gasteiger partial charge >= 0.3 is 0 Å². The Morgan fingerprint density at radius 3 is 2.37 bits per heavy atom. The molecule has 1 heterocycles. The lowest BCUT2D eigenvalue weighted by molar-refractivity contribution is -0.122. The van der Waals surface area contributed by atoms with E-state index in [1.54, 1.807) is 50.6 Å². The van der Waals surface area contributed by atoms with Gasteiger partial charge in [-0.25, -0.2) is 4.90 Å². The smallest absolute Gasteiger partial charge is 0.257 e. The maximum Gasteiger partial charge on any atom is 0.257 e. The van der Waals surface area contributed by atoms with Gasteiger partial charge in [0.15, 0.2) is 11.5 Å². The highest BCUT2D eigenvalue weighted by Gasteiger charge is 2.44. The number of carbonyl (C=O) groups excluding carboxylic acids is 3. The molecule has 1 saturated heterocycles. The number of para-hydroxylation sites is 1. The van der Waals surface area contributed by atoms with Crippen molar-refractivity contribution in [1.29, 1.82) is 0 Å². The molecule has 0 saturated carbocycles. The number of aryl methyl sites for hydroxylation is 1. The number of anilines is 1. The van der Waals surface area contributed by atoms with Crippen molar-refractivity contribution in [2.75, 3.05) is 25.7 Å². The van der Waals surface area contributed by atoms with E-state index >= 15 is 0 Å². The molecular weight excluding hydrogens is 444 g/mol. The van der Waals surface area contributed by atoms with E-state index in [1.165, 1.54) is 9.80 Å². The SMILES string of the molecule is COc1ccc(CCN(C(=O)c2cccc(C)c2)C2CC(=O)N(c3ccccc3)C2=O)cc1OC. The molecule has 0 bridgehead atoms. The number of benzene rings is 3. The van der Waals surface area contributed by atoms with Crippen molar-refractivity contribution in [2.24, 2.45) is 0 Å². The second kappa shape index (κ2) is 10.4. The van der Waals surface area contributed by atoms with Crippen molar-refractivity contribution < 1.29 is 23.9 Å². The second-order valence-electron chi connectivity index (χ2n) is 8.43. The minimum Gasteiger partial charge on any atom is -0.493 e. The van der Waals surface area contributed by atoms with Gasteiger partial charge in [-0.1, -0.05) is 42.0 Å². The first kappa shape index (κ1) is 24.0. The minimum atomic E-state index is -0.879. The van der Waals surface area contributed by atoms with Gasteiger partial charge in [-0.2, -0.15) is 0 Å². The maximum atomic E-state index is 13.6. The van der Waals surface area contributed by atoms with Crippen molar-refractivity contribution in [3.63, 3.8) is 0 Å². The van der Waals surface area contributed by atoms with E-state index in [0.29, 0.717) is 29.2 Å². The first-order valence-corrected chi connectivity index (χ1v) is 11.4. The summed E-state index contributed by atoms with van der Waals surface area (Å²) in [5.41, 5.74) is 2.85. The third kappa shape index (κ3) is 5.04. The second-order valence-corrected chi connectivity index (χ2v) is 8.43. The summed E-state index contributed by atoms with van der Waals surface area (Å²) in [4.78, 5) is 42.6. The monoisotopic (exact) mass is 472 g/mol. The van der Waals surface area contributed by atoms with Crippen LogP contribution in [-0.2, 0) is 16.0 Å². The largest absolute Gasteiger partial charge is 0.493 e. The number of ether oxygens (including phenoxy) is 2. The lowest BCUT2D eigenvalue weighted by atomic mass is 10.1. The highest BCUT2D eigenvalue weighted by molar-refractivity contribution is 6.23. The lowest BCUT2D eigenvalue weighted by Gasteiger charge is -2.28. The molecule has 0 radical (unpaired) electrons. The fourth-order valence-corrected chi connectivity index (χ4v) is 4.34. The molecule has 3 aromatic rings. The van der Waals surface area contributed by atoms with Gasteiger partial charge < -0.3 is 14.4 Å². The van der Waals surface area contributed by atoms with Crippen molar-refractivity contribution in [2.45, 2.75) is 25.8 Å². The summed E-state index contributed by atoms with van der Waals surface area (Å²) in [6.45, 7) is 2.17. The highest BCUT2D eigenvalue weighted by atomic mass is 16.5. The van der Waals surface area contributed by atoms with Crippen LogP contribution in [0.1, 0.15) is 27.9 Å². The number of nitrogens with zero attached hydrogens (tertiary/aromatic N) is 2. The topological polar surface area (TPSA) is 76.2 Å². The molecule has 0 aromatic heterocycles. The van der Waals surface area contributed by atoms with Gasteiger partial charge in [0.2, 0.25) is 5.91 Å². The molecule has 3 amide bonds. The van der Waals surface area contributed by atoms with Crippen LogP contribution in [0.5, 0.6) is 11.5 Å². The summed E-state index contributed by atoms with van der Waals surface area (Å²) in [6, 6.07) is 20.7. The van der Waals surface area contributed by atoms with Crippen LogP contribution in [0.2, 0.25) is 0 Å². The summed E-state index contributed by atoms with van der Waals surface area (Å²) >= 11 is 0. The minimum absolute atomic E-state index is 0.0583. The number of imide groups is 1. The predicted molar refractivity (Wildman–Crippen MR) is 133 cm³/mol. The molecule has 4 rings (SSSR count). The lowest BCUT2D eigenvalue weighted by Crippen LogP contribution is -2.46. The van der Waals surface area contributed by atoms with E-state index in [1.807, 2.05) is 43.3 Å². The van der Waals surface area contributed by atoms with Crippen molar-refractivity contribution in [3.8, 4) is 11.5 Å². The molecule has 1 atom stereocenters. The highest BCUT2D eigenvalue weighted by Crippen LogP contribution is 2.29. The van der Waals surface area contributed by atoms with Gasteiger partial charge in [-0.05, 0) is 55.3 Å². The van der Waals surface area contributed by atoms with E-state index in [9.17, 15) is 14.4 Å². The van der Waals surface area contributed by atoms with Crippen LogP contribution in [0, 0.1) is 6.92 Å². The zero-order valence-electron chi connectivity index (χ0n) is 20.1. The van der Waals surface area contributed by atoms with Crippen molar-refractivity contribution in [3.05, 3.63) is 89.5 Å². The molecule has 7 heteroatoms. The van der Waals surface area contributed by atoms with Gasteiger partial charge in [0.25, 0.3) is 11.8 Å². The van der Waals surface area contributed by atoms with Crippen LogP contribution in [0.15, 0.2) is 72.8 Å². The molecule has 1 aliphatic heterocycles. The number of methoxy groups -OCH3 is 2. The average Bonchev–Trinajstić information content (AvgIpc) is 3.17. The molecule has 35 heavy (non-hydrogen) atoms. The number of hydrogen-bond acceptors (Lipinski definition) is 5. The van der Waals surface area contributed by atoms with Crippen molar-refractivity contribution >= 4 is 23.4 Å². The number of rotatable bonds is 8. The van der Waals surface area contributed by atoms with Gasteiger partial charge in [0, 0.05) is 12.1 Å². The molecule has 1 aliphatic rings. The Kier molecular flexibility index (Phi) is 7.15. The van der Waals surface area contributed by atoms with E-state index < -0.39 is 11.9 Å². The van der Waals surface area contributed by atoms with Crippen LogP contribution in [0.4, 0.5) is 5.69 Å². The molecule has 1 fully saturated rings. The standard InChI is InChI=1S/C28H28N2O5/c1-19-8-7-9-21(16-19)27(32)29(15-14-20-12-13-24(34-2)25(17-20)35-3)23-18-26(31)30(28(23)33)22-10-5-4-6-11-22/h4-13,16-17,23H,14-15,18H2,1-3H3. The Bertz CT molecular complexity index is 1240. The van der Waals surface area contributed by atoms with E-state index in [-0.39, 0.29) is 24.8 Å². The quantitative estimate of drug-likeness (QED) is 0.463. The average molecular weight is 473 g/mol. The van der Waals surface area contributed by atoms with Crippen LogP contribution in [-0.4, -0.2) is 49.4 Å². The summed E-state index contributed by atoms with van der Waals surface area (Å²) in [6.07, 6.45) is 0.415. The number of hydrogen-bond donors (Lipinski definition) is 0. The number of amides is 3. The van der Waals surface area contributed by atoms with Crippen LogP contribution in [0.25, 0.3) is 0 Å². The first-order valence-electron chi connectivity index (χ1n) is 11.4. The maximum absolute atomic E-state index is 13.6. The van der Waals surface area contributed by atoms with E-state index in [2.05, 4.69) is 0 Å². The molecular formula is C28H28N2O5. The van der Waals surface area contributed by atoms with Crippen molar-refractivity contribution in [1.82, 2.24) is 4.90 Å². The fraction of sp³-hybridized carbons (Fsp3) is 0.250. The molecule has 1 unspecified atom stereocenters. The van der Waals surface area contributed by atoms with Gasteiger partial charge in [0.1, 0.15) is 6.04 Å². The van der Waals surface area contributed by atoms with Crippen LogP contribution in [0.3, 0.4) is 0 Å². The zero-order chi connectivity index (χ0) is 24.9. The summed E-state index contributed by atoms with van der Waals surface area (Å²) in [5, 5.41) is 0. The van der Waals surface area contributed by atoms with Crippen LogP contribution >= 0.6 is 0 Å². The molecule has 0 N–H and O–H groups in total. The van der Waals surface area contributed by atoms with Gasteiger partial charge in [-0.15, -0.1) is 0 Å². The Balaban J connectivity index is 1.64.